The number of nitrogens with one attached hydrogen (secondary N) is 1. The minimum Gasteiger partial charge on any atom is -0.351 e. The summed E-state index contributed by atoms with van der Waals surface area (Å²) in [4.78, 5) is 25.2. The fraction of sp³-hybridized carbons (Fsp3) is 0.467. The molecule has 3 amide bonds. The Morgan fingerprint density at radius 2 is 1.86 bits per heavy atom. The molecule has 2 heterocycles. The number of ether oxygens (including phenoxy) is 2. The standard InChI is InChI=1S/C15H19N3O4/c16-14(20)17-12-3-1-2-11(10-12)13(19)18-6-4-15(5-7-18)21-8-9-22-15/h1-3,10H,4-9H2,(H3,16,17,20). The summed E-state index contributed by atoms with van der Waals surface area (Å²) >= 11 is 0. The Bertz CT molecular complexity index is 574. The minimum absolute atomic E-state index is 0.0685. The van der Waals surface area contributed by atoms with Crippen LogP contribution in [-0.2, 0) is 9.47 Å². The second kappa shape index (κ2) is 5.94. The number of likely N-dealkylation sites (tertiary alicyclic amines) is 1. The van der Waals surface area contributed by atoms with Gasteiger partial charge in [0.2, 0.25) is 0 Å². The molecule has 0 unspecified atom stereocenters. The van der Waals surface area contributed by atoms with Crippen molar-refractivity contribution < 1.29 is 19.1 Å². The largest absolute Gasteiger partial charge is 0.351 e. The molecule has 0 saturated carbocycles. The van der Waals surface area contributed by atoms with Gasteiger partial charge in [-0.15, -0.1) is 0 Å². The molecule has 0 aromatic heterocycles. The van der Waals surface area contributed by atoms with Crippen LogP contribution in [0.2, 0.25) is 0 Å². The highest BCUT2D eigenvalue weighted by molar-refractivity contribution is 5.96. The van der Waals surface area contributed by atoms with Crippen LogP contribution in [0.3, 0.4) is 0 Å². The third-order valence-corrected chi connectivity index (χ3v) is 4.00. The lowest BCUT2D eigenvalue weighted by Gasteiger charge is -2.37. The SMILES string of the molecule is NC(=O)Nc1cccc(C(=O)N2CCC3(CC2)OCCO3)c1. The van der Waals surface area contributed by atoms with E-state index in [9.17, 15) is 9.59 Å². The molecule has 7 heteroatoms. The molecule has 0 radical (unpaired) electrons. The molecular weight excluding hydrogens is 286 g/mol. The van der Waals surface area contributed by atoms with Crippen molar-refractivity contribution in [1.29, 1.82) is 0 Å². The number of nitrogens with two attached hydrogens (primary N) is 1. The molecule has 7 nitrogen and oxygen atoms in total. The Balaban J connectivity index is 1.65. The van der Waals surface area contributed by atoms with Crippen molar-refractivity contribution in [3.8, 4) is 0 Å². The summed E-state index contributed by atoms with van der Waals surface area (Å²) in [5, 5.41) is 2.47. The highest BCUT2D eigenvalue weighted by Gasteiger charge is 2.40. The van der Waals surface area contributed by atoms with Gasteiger partial charge in [0, 0.05) is 37.2 Å². The lowest BCUT2D eigenvalue weighted by atomic mass is 10.0. The maximum atomic E-state index is 12.5. The first-order valence-corrected chi connectivity index (χ1v) is 7.32. The van der Waals surface area contributed by atoms with Crippen molar-refractivity contribution >= 4 is 17.6 Å². The molecule has 2 saturated heterocycles. The monoisotopic (exact) mass is 305 g/mol. The van der Waals surface area contributed by atoms with Crippen LogP contribution in [0.1, 0.15) is 23.2 Å². The Kier molecular flexibility index (Phi) is 4.00. The molecule has 0 atom stereocenters. The van der Waals surface area contributed by atoms with Gasteiger partial charge >= 0.3 is 6.03 Å². The summed E-state index contributed by atoms with van der Waals surface area (Å²) < 4.78 is 11.3. The number of benzene rings is 1. The van der Waals surface area contributed by atoms with E-state index in [2.05, 4.69) is 5.32 Å². The maximum Gasteiger partial charge on any atom is 0.316 e. The van der Waals surface area contributed by atoms with Crippen molar-refractivity contribution in [2.24, 2.45) is 5.73 Å². The summed E-state index contributed by atoms with van der Waals surface area (Å²) in [6, 6.07) is 6.10. The van der Waals surface area contributed by atoms with Crippen LogP contribution in [-0.4, -0.2) is 48.9 Å². The number of primary amides is 1. The van der Waals surface area contributed by atoms with Gasteiger partial charge in [-0.3, -0.25) is 4.79 Å². The van der Waals surface area contributed by atoms with Gasteiger partial charge in [-0.25, -0.2) is 4.79 Å². The van der Waals surface area contributed by atoms with Crippen LogP contribution in [0, 0.1) is 0 Å². The molecule has 2 fully saturated rings. The number of hydrogen-bond donors (Lipinski definition) is 2. The van der Waals surface area contributed by atoms with E-state index in [1.165, 1.54) is 0 Å². The zero-order valence-electron chi connectivity index (χ0n) is 12.2. The second-order valence-corrected chi connectivity index (χ2v) is 5.47. The summed E-state index contributed by atoms with van der Waals surface area (Å²) in [5.74, 6) is -0.562. The highest BCUT2D eigenvalue weighted by atomic mass is 16.7. The number of carbonyl (C=O) groups is 2. The zero-order valence-corrected chi connectivity index (χ0v) is 12.2. The van der Waals surface area contributed by atoms with Crippen LogP contribution < -0.4 is 11.1 Å². The number of nitrogens with zero attached hydrogens (tertiary/aromatic N) is 1. The summed E-state index contributed by atoms with van der Waals surface area (Å²) in [7, 11) is 0. The van der Waals surface area contributed by atoms with Crippen molar-refractivity contribution in [3.05, 3.63) is 29.8 Å². The molecule has 2 aliphatic rings. The lowest BCUT2D eigenvalue weighted by molar-refractivity contribution is -0.181. The van der Waals surface area contributed by atoms with Crippen molar-refractivity contribution in [2.45, 2.75) is 18.6 Å². The predicted octanol–water partition coefficient (Wildman–Crippen LogP) is 1.16. The van der Waals surface area contributed by atoms with Crippen LogP contribution in [0.4, 0.5) is 10.5 Å². The lowest BCUT2D eigenvalue weighted by Crippen LogP contribution is -2.47. The fourth-order valence-corrected chi connectivity index (χ4v) is 2.89. The van der Waals surface area contributed by atoms with Crippen LogP contribution >= 0.6 is 0 Å². The topological polar surface area (TPSA) is 93.9 Å². The van der Waals surface area contributed by atoms with E-state index in [1.807, 2.05) is 0 Å². The van der Waals surface area contributed by atoms with Gasteiger partial charge in [0.25, 0.3) is 5.91 Å². The van der Waals surface area contributed by atoms with Gasteiger partial charge in [0.1, 0.15) is 0 Å². The van der Waals surface area contributed by atoms with E-state index in [0.29, 0.717) is 50.4 Å². The highest BCUT2D eigenvalue weighted by Crippen LogP contribution is 2.31. The molecule has 2 aliphatic heterocycles. The van der Waals surface area contributed by atoms with Gasteiger partial charge in [-0.2, -0.15) is 0 Å². The Labute approximate surface area is 128 Å². The molecule has 1 spiro atoms. The smallest absolute Gasteiger partial charge is 0.316 e. The summed E-state index contributed by atoms with van der Waals surface area (Å²) in [6.45, 7) is 2.42. The summed E-state index contributed by atoms with van der Waals surface area (Å²) in [6.07, 6.45) is 1.36. The molecular formula is C15H19N3O4. The van der Waals surface area contributed by atoms with E-state index in [0.717, 1.165) is 0 Å². The number of hydrogen-bond acceptors (Lipinski definition) is 4. The molecule has 0 aliphatic carbocycles. The minimum atomic E-state index is -0.653. The summed E-state index contributed by atoms with van der Waals surface area (Å²) in [5.41, 5.74) is 6.12. The third-order valence-electron chi connectivity index (χ3n) is 4.00. The molecule has 1 aromatic rings. The number of urea groups is 1. The first kappa shape index (κ1) is 14.8. The number of carbonyl (C=O) groups excluding carboxylic acids is 2. The van der Waals surface area contributed by atoms with Gasteiger partial charge < -0.3 is 25.4 Å². The number of amides is 3. The van der Waals surface area contributed by atoms with Crippen molar-refractivity contribution in [3.63, 3.8) is 0 Å². The number of anilines is 1. The van der Waals surface area contributed by atoms with E-state index in [4.69, 9.17) is 15.2 Å². The van der Waals surface area contributed by atoms with Crippen LogP contribution in [0.15, 0.2) is 24.3 Å². The Morgan fingerprint density at radius 1 is 1.18 bits per heavy atom. The fourth-order valence-electron chi connectivity index (χ4n) is 2.89. The van der Waals surface area contributed by atoms with Crippen molar-refractivity contribution in [2.75, 3.05) is 31.6 Å². The van der Waals surface area contributed by atoms with E-state index in [-0.39, 0.29) is 5.91 Å². The maximum absolute atomic E-state index is 12.5. The van der Waals surface area contributed by atoms with E-state index in [1.54, 1.807) is 29.2 Å². The molecule has 118 valence electrons. The molecule has 3 N–H and O–H groups in total. The van der Waals surface area contributed by atoms with Gasteiger partial charge in [-0.1, -0.05) is 6.07 Å². The predicted molar refractivity (Wildman–Crippen MR) is 79.4 cm³/mol. The first-order chi connectivity index (χ1) is 10.6. The van der Waals surface area contributed by atoms with E-state index < -0.39 is 11.8 Å². The third kappa shape index (κ3) is 3.05. The molecule has 22 heavy (non-hydrogen) atoms. The Morgan fingerprint density at radius 3 is 2.50 bits per heavy atom. The first-order valence-electron chi connectivity index (χ1n) is 7.32. The number of rotatable bonds is 2. The van der Waals surface area contributed by atoms with Crippen molar-refractivity contribution in [1.82, 2.24) is 4.90 Å². The molecule has 3 rings (SSSR count). The second-order valence-electron chi connectivity index (χ2n) is 5.47. The zero-order chi connectivity index (χ0) is 15.6. The average molecular weight is 305 g/mol. The number of piperidine rings is 1. The van der Waals surface area contributed by atoms with Crippen LogP contribution in [0.5, 0.6) is 0 Å². The Hall–Kier alpha value is -2.12. The quantitative estimate of drug-likeness (QED) is 0.857. The molecule has 0 bridgehead atoms. The van der Waals surface area contributed by atoms with Gasteiger partial charge in [-0.05, 0) is 18.2 Å². The van der Waals surface area contributed by atoms with Gasteiger partial charge in [0.05, 0.1) is 13.2 Å². The van der Waals surface area contributed by atoms with Gasteiger partial charge in [0.15, 0.2) is 5.79 Å². The van der Waals surface area contributed by atoms with Crippen LogP contribution in [0.25, 0.3) is 0 Å². The average Bonchev–Trinajstić information content (AvgIpc) is 2.95. The van der Waals surface area contributed by atoms with E-state index >= 15 is 0 Å². The normalized spacial score (nSPS) is 20.1. The molecule has 1 aromatic carbocycles.